The molecule has 1 aromatic heterocycles. The molecule has 0 aliphatic carbocycles. The molecule has 22 heavy (non-hydrogen) atoms. The average Bonchev–Trinajstić information content (AvgIpc) is 3.02. The van der Waals surface area contributed by atoms with Gasteiger partial charge in [-0.2, -0.15) is 5.10 Å². The first-order valence-corrected chi connectivity index (χ1v) is 7.37. The summed E-state index contributed by atoms with van der Waals surface area (Å²) in [6, 6.07) is 7.79. The molecule has 0 fully saturated rings. The third-order valence-corrected chi connectivity index (χ3v) is 3.92. The van der Waals surface area contributed by atoms with Crippen LogP contribution in [0.15, 0.2) is 36.7 Å². The van der Waals surface area contributed by atoms with Gasteiger partial charge in [0.15, 0.2) is 0 Å². The molecular weight excluding hydrogens is 278 g/mol. The smallest absolute Gasteiger partial charge is 0.233 e. The second-order valence-corrected chi connectivity index (χ2v) is 5.37. The van der Waals surface area contributed by atoms with Gasteiger partial charge in [0.25, 0.3) is 0 Å². The minimum absolute atomic E-state index is 0.0694. The fourth-order valence-corrected chi connectivity index (χ4v) is 2.79. The van der Waals surface area contributed by atoms with Crippen molar-refractivity contribution in [3.05, 3.63) is 53.5 Å². The lowest BCUT2D eigenvalue weighted by Gasteiger charge is -2.16. The minimum Gasteiger partial charge on any atom is -0.494 e. The number of hydrogen-bond donors (Lipinski definition) is 1. The summed E-state index contributed by atoms with van der Waals surface area (Å²) in [5.74, 6) is 0.670. The number of fused-ring (bicyclic) bond motifs is 1. The van der Waals surface area contributed by atoms with Crippen molar-refractivity contribution in [1.82, 2.24) is 15.1 Å². The van der Waals surface area contributed by atoms with E-state index in [0.29, 0.717) is 6.61 Å². The van der Waals surface area contributed by atoms with E-state index in [1.807, 2.05) is 44.3 Å². The van der Waals surface area contributed by atoms with E-state index in [1.165, 1.54) is 0 Å². The number of hydrogen-bond acceptors (Lipinski definition) is 3. The summed E-state index contributed by atoms with van der Waals surface area (Å²) < 4.78 is 5.62. The third-order valence-electron chi connectivity index (χ3n) is 3.92. The summed E-state index contributed by atoms with van der Waals surface area (Å²) in [5.41, 5.74) is 3.82. The van der Waals surface area contributed by atoms with E-state index < -0.39 is 0 Å². The summed E-state index contributed by atoms with van der Waals surface area (Å²) in [6.45, 7) is 4.50. The molecule has 0 saturated carbocycles. The number of nitrogens with zero attached hydrogens (tertiary/aromatic N) is 2. The third kappa shape index (κ3) is 2.39. The molecule has 2 heterocycles. The van der Waals surface area contributed by atoms with Gasteiger partial charge in [0.1, 0.15) is 5.75 Å². The summed E-state index contributed by atoms with van der Waals surface area (Å²) in [7, 11) is 1.78. The van der Waals surface area contributed by atoms with Crippen LogP contribution < -0.4 is 4.74 Å². The molecule has 1 atom stereocenters. The number of aromatic nitrogens is 2. The Hall–Kier alpha value is -2.56. The molecule has 1 N–H and O–H groups in total. The molecule has 3 rings (SSSR count). The van der Waals surface area contributed by atoms with Gasteiger partial charge in [0.05, 0.1) is 18.2 Å². The van der Waals surface area contributed by atoms with Crippen LogP contribution in [0.25, 0.3) is 5.57 Å². The zero-order valence-electron chi connectivity index (χ0n) is 13.0. The molecule has 114 valence electrons. The van der Waals surface area contributed by atoms with Crippen LogP contribution in [0.1, 0.15) is 36.6 Å². The van der Waals surface area contributed by atoms with Crippen LogP contribution in [-0.4, -0.2) is 34.7 Å². The number of aromatic amines is 1. The van der Waals surface area contributed by atoms with Gasteiger partial charge < -0.3 is 9.64 Å². The SMILES string of the molecule is CCOc1ccc2c(c1)C(c1ccn[nH]1)=CN(C)C(=O)C2C. The Balaban J connectivity index is 2.21. The van der Waals surface area contributed by atoms with Gasteiger partial charge in [0, 0.05) is 25.0 Å². The van der Waals surface area contributed by atoms with Crippen LogP contribution in [-0.2, 0) is 4.79 Å². The summed E-state index contributed by atoms with van der Waals surface area (Å²) in [5, 5.41) is 7.00. The standard InChI is InChI=1S/C17H19N3O2/c1-4-22-12-5-6-13-11(2)17(21)20(3)10-15(14(13)9-12)16-7-8-18-19-16/h5-11H,4H2,1-3H3,(H,18,19). The Labute approximate surface area is 129 Å². The number of likely N-dealkylation sites (N-methyl/N-ethyl adjacent to an activating group) is 1. The van der Waals surface area contributed by atoms with Gasteiger partial charge in [-0.15, -0.1) is 0 Å². The lowest BCUT2D eigenvalue weighted by atomic mass is 9.91. The number of benzene rings is 1. The summed E-state index contributed by atoms with van der Waals surface area (Å²) in [6.07, 6.45) is 3.56. The van der Waals surface area contributed by atoms with E-state index in [0.717, 1.165) is 28.1 Å². The Morgan fingerprint density at radius 2 is 2.18 bits per heavy atom. The zero-order chi connectivity index (χ0) is 15.7. The average molecular weight is 297 g/mol. The molecule has 1 aliphatic rings. The Kier molecular flexibility index (Phi) is 3.71. The number of amides is 1. The molecule has 1 aromatic carbocycles. The number of rotatable bonds is 3. The van der Waals surface area contributed by atoms with E-state index in [4.69, 9.17) is 4.74 Å². The fourth-order valence-electron chi connectivity index (χ4n) is 2.79. The Morgan fingerprint density at radius 3 is 2.86 bits per heavy atom. The molecule has 5 nitrogen and oxygen atoms in total. The Morgan fingerprint density at radius 1 is 1.36 bits per heavy atom. The maximum absolute atomic E-state index is 12.5. The van der Waals surface area contributed by atoms with Crippen LogP contribution >= 0.6 is 0 Å². The normalized spacial score (nSPS) is 17.8. The quantitative estimate of drug-likeness (QED) is 0.947. The van der Waals surface area contributed by atoms with Crippen molar-refractivity contribution in [3.8, 4) is 5.75 Å². The summed E-state index contributed by atoms with van der Waals surface area (Å²) in [4.78, 5) is 14.1. The van der Waals surface area contributed by atoms with Gasteiger partial charge in [0.2, 0.25) is 5.91 Å². The second-order valence-electron chi connectivity index (χ2n) is 5.37. The van der Waals surface area contributed by atoms with E-state index >= 15 is 0 Å². The number of nitrogens with one attached hydrogen (secondary N) is 1. The maximum Gasteiger partial charge on any atom is 0.233 e. The first-order chi connectivity index (χ1) is 10.6. The number of carbonyl (C=O) groups excluding carboxylic acids is 1. The largest absolute Gasteiger partial charge is 0.494 e. The summed E-state index contributed by atoms with van der Waals surface area (Å²) >= 11 is 0. The van der Waals surface area contributed by atoms with Crippen LogP contribution in [0.2, 0.25) is 0 Å². The number of ether oxygens (including phenoxy) is 1. The number of H-pyrrole nitrogens is 1. The Bertz CT molecular complexity index is 720. The molecule has 5 heteroatoms. The van der Waals surface area contributed by atoms with Crippen LogP contribution in [0.3, 0.4) is 0 Å². The molecular formula is C17H19N3O2. The van der Waals surface area contributed by atoms with Crippen LogP contribution in [0.5, 0.6) is 5.75 Å². The highest BCUT2D eigenvalue weighted by Gasteiger charge is 2.27. The zero-order valence-corrected chi connectivity index (χ0v) is 13.0. The van der Waals surface area contributed by atoms with Crippen LogP contribution in [0, 0.1) is 0 Å². The van der Waals surface area contributed by atoms with E-state index in [9.17, 15) is 4.79 Å². The van der Waals surface area contributed by atoms with Crippen molar-refractivity contribution in [1.29, 1.82) is 0 Å². The highest BCUT2D eigenvalue weighted by molar-refractivity contribution is 5.92. The van der Waals surface area contributed by atoms with Crippen LogP contribution in [0.4, 0.5) is 0 Å². The maximum atomic E-state index is 12.5. The van der Waals surface area contributed by atoms with E-state index in [-0.39, 0.29) is 11.8 Å². The van der Waals surface area contributed by atoms with Gasteiger partial charge in [-0.1, -0.05) is 6.07 Å². The van der Waals surface area contributed by atoms with Crippen molar-refractivity contribution in [2.45, 2.75) is 19.8 Å². The van der Waals surface area contributed by atoms with Crippen molar-refractivity contribution >= 4 is 11.5 Å². The molecule has 0 saturated heterocycles. The van der Waals surface area contributed by atoms with Gasteiger partial charge in [-0.3, -0.25) is 9.89 Å². The first kappa shape index (κ1) is 14.4. The second kappa shape index (κ2) is 5.67. The van der Waals surface area contributed by atoms with Crippen molar-refractivity contribution in [2.24, 2.45) is 0 Å². The first-order valence-electron chi connectivity index (χ1n) is 7.37. The van der Waals surface area contributed by atoms with Gasteiger partial charge in [-0.05, 0) is 43.2 Å². The van der Waals surface area contributed by atoms with E-state index in [1.54, 1.807) is 18.1 Å². The molecule has 1 aliphatic heterocycles. The van der Waals surface area contributed by atoms with Gasteiger partial charge in [-0.25, -0.2) is 0 Å². The van der Waals surface area contributed by atoms with Crippen molar-refractivity contribution in [3.63, 3.8) is 0 Å². The monoisotopic (exact) mass is 297 g/mol. The molecule has 1 unspecified atom stereocenters. The lowest BCUT2D eigenvalue weighted by Crippen LogP contribution is -2.24. The molecule has 0 radical (unpaired) electrons. The number of carbonyl (C=O) groups is 1. The van der Waals surface area contributed by atoms with Crippen molar-refractivity contribution < 1.29 is 9.53 Å². The molecule has 1 amide bonds. The highest BCUT2D eigenvalue weighted by Crippen LogP contribution is 2.36. The molecule has 2 aromatic rings. The molecule has 0 spiro atoms. The van der Waals surface area contributed by atoms with Crippen molar-refractivity contribution in [2.75, 3.05) is 13.7 Å². The van der Waals surface area contributed by atoms with E-state index in [2.05, 4.69) is 10.2 Å². The minimum atomic E-state index is -0.202. The predicted molar refractivity (Wildman–Crippen MR) is 84.5 cm³/mol. The fraction of sp³-hybridized carbons (Fsp3) is 0.294. The topological polar surface area (TPSA) is 58.2 Å². The molecule has 0 bridgehead atoms. The lowest BCUT2D eigenvalue weighted by molar-refractivity contribution is -0.128. The predicted octanol–water partition coefficient (Wildman–Crippen LogP) is 2.77. The highest BCUT2D eigenvalue weighted by atomic mass is 16.5. The van der Waals surface area contributed by atoms with Gasteiger partial charge >= 0.3 is 0 Å².